The van der Waals surface area contributed by atoms with Crippen molar-refractivity contribution in [3.8, 4) is 11.1 Å². The number of ether oxygens (including phenoxy) is 2. The highest BCUT2D eigenvalue weighted by Gasteiger charge is 2.08. The van der Waals surface area contributed by atoms with Crippen LogP contribution in [-0.2, 0) is 22.6 Å². The van der Waals surface area contributed by atoms with Crippen molar-refractivity contribution in [1.29, 1.82) is 0 Å². The predicted octanol–water partition coefficient (Wildman–Crippen LogP) is 3.74. The fourth-order valence-corrected chi connectivity index (χ4v) is 2.87. The maximum absolute atomic E-state index is 13.7. The first kappa shape index (κ1) is 21.5. The average molecular weight is 375 g/mol. The molecule has 0 saturated carbocycles. The van der Waals surface area contributed by atoms with Crippen molar-refractivity contribution in [2.45, 2.75) is 26.9 Å². The third kappa shape index (κ3) is 7.77. The van der Waals surface area contributed by atoms with E-state index in [-0.39, 0.29) is 5.82 Å². The Bertz CT molecular complexity index is 679. The van der Waals surface area contributed by atoms with Gasteiger partial charge in [-0.15, -0.1) is 0 Å². The smallest absolute Gasteiger partial charge is 0.123 e. The van der Waals surface area contributed by atoms with E-state index >= 15 is 0 Å². The highest BCUT2D eigenvalue weighted by atomic mass is 19.1. The van der Waals surface area contributed by atoms with E-state index in [2.05, 4.69) is 28.8 Å². The van der Waals surface area contributed by atoms with Crippen LogP contribution in [-0.4, -0.2) is 39.5 Å². The van der Waals surface area contributed by atoms with Crippen LogP contribution in [0.25, 0.3) is 11.1 Å². The zero-order chi connectivity index (χ0) is 19.3. The molecule has 2 rings (SSSR count). The summed E-state index contributed by atoms with van der Waals surface area (Å²) in [6, 6.07) is 13.1. The summed E-state index contributed by atoms with van der Waals surface area (Å²) >= 11 is 0. The lowest BCUT2D eigenvalue weighted by Crippen LogP contribution is -2.21. The molecule has 0 saturated heterocycles. The first-order valence-electron chi connectivity index (χ1n) is 9.69. The number of halogens is 1. The molecule has 0 spiro atoms. The Hall–Kier alpha value is -1.79. The van der Waals surface area contributed by atoms with Gasteiger partial charge in [0.05, 0.1) is 13.2 Å². The predicted molar refractivity (Wildman–Crippen MR) is 108 cm³/mol. The average Bonchev–Trinajstić information content (AvgIpc) is 2.68. The van der Waals surface area contributed by atoms with E-state index in [0.29, 0.717) is 19.8 Å². The van der Waals surface area contributed by atoms with Gasteiger partial charge in [0.2, 0.25) is 0 Å². The van der Waals surface area contributed by atoms with Crippen molar-refractivity contribution < 1.29 is 13.9 Å². The first-order chi connectivity index (χ1) is 13.2. The van der Waals surface area contributed by atoms with E-state index in [1.165, 1.54) is 11.6 Å². The lowest BCUT2D eigenvalue weighted by atomic mass is 9.97. The Morgan fingerprint density at radius 2 is 1.56 bits per heavy atom. The van der Waals surface area contributed by atoms with Gasteiger partial charge in [-0.2, -0.15) is 0 Å². The molecule has 0 bridgehead atoms. The van der Waals surface area contributed by atoms with Gasteiger partial charge in [-0.1, -0.05) is 30.3 Å². The second-order valence-corrected chi connectivity index (χ2v) is 6.25. The monoisotopic (exact) mass is 374 g/mol. The lowest BCUT2D eigenvalue weighted by molar-refractivity contribution is 0.149. The molecule has 0 atom stereocenters. The van der Waals surface area contributed by atoms with Gasteiger partial charge in [0.1, 0.15) is 5.82 Å². The van der Waals surface area contributed by atoms with Gasteiger partial charge in [0.25, 0.3) is 0 Å². The van der Waals surface area contributed by atoms with Crippen LogP contribution in [0.5, 0.6) is 0 Å². The Kier molecular flexibility index (Phi) is 10.0. The molecule has 2 N–H and O–H groups in total. The maximum Gasteiger partial charge on any atom is 0.123 e. The summed E-state index contributed by atoms with van der Waals surface area (Å²) in [7, 11) is 0. The topological polar surface area (TPSA) is 42.5 Å². The highest BCUT2D eigenvalue weighted by molar-refractivity contribution is 5.68. The minimum atomic E-state index is -0.218. The van der Waals surface area contributed by atoms with E-state index in [9.17, 15) is 4.39 Å². The molecule has 0 heterocycles. The molecule has 27 heavy (non-hydrogen) atoms. The summed E-state index contributed by atoms with van der Waals surface area (Å²) in [4.78, 5) is 0. The fraction of sp³-hybridized carbons (Fsp3) is 0.455. The van der Waals surface area contributed by atoms with E-state index in [1.54, 1.807) is 12.1 Å². The summed E-state index contributed by atoms with van der Waals surface area (Å²) in [5.74, 6) is -0.218. The van der Waals surface area contributed by atoms with Crippen LogP contribution in [0, 0.1) is 5.82 Å². The van der Waals surface area contributed by atoms with E-state index in [0.717, 1.165) is 49.5 Å². The molecule has 0 radical (unpaired) electrons. The van der Waals surface area contributed by atoms with Crippen molar-refractivity contribution in [2.75, 3.05) is 39.5 Å². The van der Waals surface area contributed by atoms with Gasteiger partial charge in [0.15, 0.2) is 0 Å². The van der Waals surface area contributed by atoms with Gasteiger partial charge in [-0.05, 0) is 48.2 Å². The number of hydrogen-bond acceptors (Lipinski definition) is 4. The SMILES string of the molecule is CCOCCNCc1ccc(-c2cccc(F)c2)c(CNCCOCC)c1. The van der Waals surface area contributed by atoms with Crippen LogP contribution in [0.2, 0.25) is 0 Å². The molecule has 148 valence electrons. The van der Waals surface area contributed by atoms with Crippen molar-refractivity contribution in [3.05, 3.63) is 59.4 Å². The van der Waals surface area contributed by atoms with Crippen LogP contribution < -0.4 is 10.6 Å². The molecule has 0 aliphatic heterocycles. The van der Waals surface area contributed by atoms with Crippen LogP contribution >= 0.6 is 0 Å². The lowest BCUT2D eigenvalue weighted by Gasteiger charge is -2.14. The van der Waals surface area contributed by atoms with Crippen molar-refractivity contribution in [1.82, 2.24) is 10.6 Å². The highest BCUT2D eigenvalue weighted by Crippen LogP contribution is 2.25. The fourth-order valence-electron chi connectivity index (χ4n) is 2.87. The Balaban J connectivity index is 2.07. The minimum absolute atomic E-state index is 0.218. The van der Waals surface area contributed by atoms with Crippen molar-refractivity contribution >= 4 is 0 Å². The van der Waals surface area contributed by atoms with Crippen LogP contribution in [0.3, 0.4) is 0 Å². The minimum Gasteiger partial charge on any atom is -0.380 e. The molecule has 4 nitrogen and oxygen atoms in total. The molecule has 0 aliphatic carbocycles. The molecule has 0 aliphatic rings. The molecular weight excluding hydrogens is 343 g/mol. The van der Waals surface area contributed by atoms with E-state index in [1.807, 2.05) is 19.9 Å². The van der Waals surface area contributed by atoms with Gasteiger partial charge in [-0.3, -0.25) is 0 Å². The summed E-state index contributed by atoms with van der Waals surface area (Å²) in [6.07, 6.45) is 0. The second-order valence-electron chi connectivity index (χ2n) is 6.25. The normalized spacial score (nSPS) is 11.1. The molecule has 0 amide bonds. The molecule has 0 unspecified atom stereocenters. The Morgan fingerprint density at radius 1 is 0.852 bits per heavy atom. The van der Waals surface area contributed by atoms with Crippen LogP contribution in [0.15, 0.2) is 42.5 Å². The van der Waals surface area contributed by atoms with E-state index in [4.69, 9.17) is 9.47 Å². The summed E-state index contributed by atoms with van der Waals surface area (Å²) in [5.41, 5.74) is 4.30. The van der Waals surface area contributed by atoms with Crippen LogP contribution in [0.1, 0.15) is 25.0 Å². The van der Waals surface area contributed by atoms with Crippen molar-refractivity contribution in [3.63, 3.8) is 0 Å². The summed E-state index contributed by atoms with van der Waals surface area (Å²) in [5, 5.41) is 6.80. The summed E-state index contributed by atoms with van der Waals surface area (Å²) < 4.78 is 24.4. The van der Waals surface area contributed by atoms with Gasteiger partial charge >= 0.3 is 0 Å². The molecule has 0 fully saturated rings. The molecule has 2 aromatic carbocycles. The number of nitrogens with one attached hydrogen (secondary N) is 2. The van der Waals surface area contributed by atoms with Gasteiger partial charge in [0, 0.05) is 39.4 Å². The van der Waals surface area contributed by atoms with Crippen molar-refractivity contribution in [2.24, 2.45) is 0 Å². The van der Waals surface area contributed by atoms with E-state index < -0.39 is 0 Å². The number of rotatable bonds is 13. The molecule has 2 aromatic rings. The molecule has 0 aromatic heterocycles. The number of benzene rings is 2. The largest absolute Gasteiger partial charge is 0.380 e. The maximum atomic E-state index is 13.7. The number of hydrogen-bond donors (Lipinski definition) is 2. The standard InChI is InChI=1S/C22H31FN2O2/c1-3-26-12-10-24-16-18-8-9-22(19-6-5-7-21(23)15-19)20(14-18)17-25-11-13-27-4-2/h5-9,14-15,24-25H,3-4,10-13,16-17H2,1-2H3. The first-order valence-corrected chi connectivity index (χ1v) is 9.69. The Labute approximate surface area is 162 Å². The second kappa shape index (κ2) is 12.6. The summed E-state index contributed by atoms with van der Waals surface area (Å²) in [6.45, 7) is 9.94. The van der Waals surface area contributed by atoms with Gasteiger partial charge in [-0.25, -0.2) is 4.39 Å². The zero-order valence-corrected chi connectivity index (χ0v) is 16.4. The Morgan fingerprint density at radius 3 is 2.22 bits per heavy atom. The van der Waals surface area contributed by atoms with Crippen LogP contribution in [0.4, 0.5) is 4.39 Å². The zero-order valence-electron chi connectivity index (χ0n) is 16.4. The molecule has 5 heteroatoms. The molecular formula is C22H31FN2O2. The quantitative estimate of drug-likeness (QED) is 0.524. The van der Waals surface area contributed by atoms with Gasteiger partial charge < -0.3 is 20.1 Å². The third-order valence-electron chi connectivity index (χ3n) is 4.20. The third-order valence-corrected chi connectivity index (χ3v) is 4.20.